The van der Waals surface area contributed by atoms with Crippen LogP contribution in [0.3, 0.4) is 0 Å². The largest absolute Gasteiger partial charge is 0.383 e. The fourth-order valence-corrected chi connectivity index (χ4v) is 2.02. The molecule has 20 heavy (non-hydrogen) atoms. The van der Waals surface area contributed by atoms with Crippen molar-refractivity contribution < 1.29 is 9.53 Å². The molecule has 6 heteroatoms. The van der Waals surface area contributed by atoms with Crippen LogP contribution in [0.1, 0.15) is 19.4 Å². The lowest BCUT2D eigenvalue weighted by Gasteiger charge is -2.29. The molecule has 0 aliphatic rings. The van der Waals surface area contributed by atoms with Crippen LogP contribution < -0.4 is 5.73 Å². The molecule has 0 aliphatic heterocycles. The van der Waals surface area contributed by atoms with Crippen molar-refractivity contribution in [1.82, 2.24) is 4.90 Å². The van der Waals surface area contributed by atoms with Crippen LogP contribution in [0, 0.1) is 0 Å². The number of nitrogens with zero attached hydrogens (tertiary/aromatic N) is 1. The van der Waals surface area contributed by atoms with E-state index in [2.05, 4.69) is 0 Å². The zero-order valence-electron chi connectivity index (χ0n) is 12.0. The maximum Gasteiger partial charge on any atom is 0.242 e. The second-order valence-corrected chi connectivity index (χ2v) is 5.19. The molecule has 0 aliphatic carbocycles. The Kier molecular flexibility index (Phi) is 8.81. The van der Waals surface area contributed by atoms with Crippen LogP contribution in [0.15, 0.2) is 24.3 Å². The molecule has 1 atom stereocenters. The van der Waals surface area contributed by atoms with Crippen molar-refractivity contribution in [3.05, 3.63) is 34.9 Å². The SMILES string of the molecule is COCC(N)C(=O)N(Cc1cccc(Cl)c1)C(C)C.Cl. The quantitative estimate of drug-likeness (QED) is 0.876. The van der Waals surface area contributed by atoms with Crippen molar-refractivity contribution in [1.29, 1.82) is 0 Å². The van der Waals surface area contributed by atoms with Crippen molar-refractivity contribution in [2.75, 3.05) is 13.7 Å². The number of benzene rings is 1. The molecule has 1 unspecified atom stereocenters. The van der Waals surface area contributed by atoms with Crippen LogP contribution in [0.5, 0.6) is 0 Å². The van der Waals surface area contributed by atoms with Gasteiger partial charge < -0.3 is 15.4 Å². The van der Waals surface area contributed by atoms with Gasteiger partial charge in [0.15, 0.2) is 0 Å². The predicted octanol–water partition coefficient (Wildman–Crippen LogP) is 2.47. The van der Waals surface area contributed by atoms with Gasteiger partial charge in [-0.2, -0.15) is 0 Å². The number of nitrogens with two attached hydrogens (primary N) is 1. The Morgan fingerprint density at radius 3 is 2.60 bits per heavy atom. The fraction of sp³-hybridized carbons (Fsp3) is 0.500. The monoisotopic (exact) mass is 320 g/mol. The third-order valence-corrected chi connectivity index (χ3v) is 3.05. The Labute approximate surface area is 131 Å². The minimum atomic E-state index is -0.633. The molecule has 0 aromatic heterocycles. The zero-order valence-corrected chi connectivity index (χ0v) is 13.6. The first-order valence-electron chi connectivity index (χ1n) is 6.25. The molecule has 1 aromatic rings. The molecular weight excluding hydrogens is 299 g/mol. The number of carbonyl (C=O) groups is 1. The summed E-state index contributed by atoms with van der Waals surface area (Å²) in [4.78, 5) is 14.0. The summed E-state index contributed by atoms with van der Waals surface area (Å²) in [6, 6.07) is 6.91. The number of ether oxygens (including phenoxy) is 1. The van der Waals surface area contributed by atoms with E-state index in [9.17, 15) is 4.79 Å². The molecule has 0 saturated heterocycles. The summed E-state index contributed by atoms with van der Waals surface area (Å²) < 4.78 is 4.93. The van der Waals surface area contributed by atoms with E-state index >= 15 is 0 Å². The summed E-state index contributed by atoms with van der Waals surface area (Å²) in [6.45, 7) is 4.63. The predicted molar refractivity (Wildman–Crippen MR) is 84.2 cm³/mol. The van der Waals surface area contributed by atoms with Crippen LogP contribution in [0.2, 0.25) is 5.02 Å². The standard InChI is InChI=1S/C14H21ClN2O2.ClH/c1-10(2)17(14(18)13(16)9-19-3)8-11-5-4-6-12(15)7-11;/h4-7,10,13H,8-9,16H2,1-3H3;1H. The Morgan fingerprint density at radius 1 is 1.45 bits per heavy atom. The maximum absolute atomic E-state index is 12.3. The number of hydrogen-bond donors (Lipinski definition) is 1. The number of rotatable bonds is 6. The van der Waals surface area contributed by atoms with Gasteiger partial charge in [0.1, 0.15) is 6.04 Å². The van der Waals surface area contributed by atoms with Gasteiger partial charge in [0.25, 0.3) is 0 Å². The summed E-state index contributed by atoms with van der Waals surface area (Å²) in [5, 5.41) is 0.662. The molecule has 2 N–H and O–H groups in total. The Morgan fingerprint density at radius 2 is 2.10 bits per heavy atom. The first-order chi connectivity index (χ1) is 8.95. The van der Waals surface area contributed by atoms with E-state index in [-0.39, 0.29) is 31.0 Å². The summed E-state index contributed by atoms with van der Waals surface area (Å²) in [5.74, 6) is -0.114. The summed E-state index contributed by atoms with van der Waals surface area (Å²) in [7, 11) is 1.53. The Balaban J connectivity index is 0.00000361. The normalized spacial score (nSPS) is 11.9. The number of hydrogen-bond acceptors (Lipinski definition) is 3. The second-order valence-electron chi connectivity index (χ2n) is 4.75. The van der Waals surface area contributed by atoms with E-state index in [1.807, 2.05) is 38.1 Å². The van der Waals surface area contributed by atoms with Gasteiger partial charge in [-0.25, -0.2) is 0 Å². The number of halogens is 2. The van der Waals surface area contributed by atoms with Gasteiger partial charge in [0.05, 0.1) is 6.61 Å². The molecule has 0 heterocycles. The van der Waals surface area contributed by atoms with Crippen molar-refractivity contribution in [2.45, 2.75) is 32.5 Å². The summed E-state index contributed by atoms with van der Waals surface area (Å²) in [6.07, 6.45) is 0. The van der Waals surface area contributed by atoms with Crippen LogP contribution in [-0.2, 0) is 16.1 Å². The molecule has 0 radical (unpaired) electrons. The minimum Gasteiger partial charge on any atom is -0.383 e. The van der Waals surface area contributed by atoms with Gasteiger partial charge in [-0.3, -0.25) is 4.79 Å². The second kappa shape index (κ2) is 9.19. The average Bonchev–Trinajstić information content (AvgIpc) is 2.35. The average molecular weight is 321 g/mol. The molecule has 1 amide bonds. The van der Waals surface area contributed by atoms with E-state index in [4.69, 9.17) is 22.1 Å². The van der Waals surface area contributed by atoms with Gasteiger partial charge in [-0.15, -0.1) is 12.4 Å². The molecule has 4 nitrogen and oxygen atoms in total. The van der Waals surface area contributed by atoms with Gasteiger partial charge in [-0.1, -0.05) is 23.7 Å². The highest BCUT2D eigenvalue weighted by molar-refractivity contribution is 6.30. The van der Waals surface area contributed by atoms with Gasteiger partial charge in [0, 0.05) is 24.7 Å². The van der Waals surface area contributed by atoms with E-state index < -0.39 is 6.04 Å². The van der Waals surface area contributed by atoms with Crippen molar-refractivity contribution in [3.8, 4) is 0 Å². The smallest absolute Gasteiger partial charge is 0.242 e. The third kappa shape index (κ3) is 5.67. The van der Waals surface area contributed by atoms with E-state index in [0.717, 1.165) is 5.56 Å². The highest BCUT2D eigenvalue weighted by Gasteiger charge is 2.23. The lowest BCUT2D eigenvalue weighted by Crippen LogP contribution is -2.48. The maximum atomic E-state index is 12.3. The molecule has 0 bridgehead atoms. The van der Waals surface area contributed by atoms with Gasteiger partial charge >= 0.3 is 0 Å². The first kappa shape index (κ1) is 19.2. The summed E-state index contributed by atoms with van der Waals surface area (Å²) >= 11 is 5.95. The highest BCUT2D eigenvalue weighted by Crippen LogP contribution is 2.14. The molecule has 0 saturated carbocycles. The van der Waals surface area contributed by atoms with Crippen molar-refractivity contribution >= 4 is 29.9 Å². The highest BCUT2D eigenvalue weighted by atomic mass is 35.5. The topological polar surface area (TPSA) is 55.6 Å². The van der Waals surface area contributed by atoms with Crippen LogP contribution in [-0.4, -0.2) is 36.6 Å². The van der Waals surface area contributed by atoms with E-state index in [0.29, 0.717) is 11.6 Å². The lowest BCUT2D eigenvalue weighted by atomic mass is 10.1. The zero-order chi connectivity index (χ0) is 14.4. The third-order valence-electron chi connectivity index (χ3n) is 2.81. The lowest BCUT2D eigenvalue weighted by molar-refractivity contribution is -0.136. The van der Waals surface area contributed by atoms with E-state index in [1.54, 1.807) is 4.90 Å². The van der Waals surface area contributed by atoms with Crippen LogP contribution in [0.4, 0.5) is 0 Å². The molecule has 114 valence electrons. The van der Waals surface area contributed by atoms with Gasteiger partial charge in [-0.05, 0) is 31.5 Å². The molecule has 1 aromatic carbocycles. The molecule has 1 rings (SSSR count). The first-order valence-corrected chi connectivity index (χ1v) is 6.63. The van der Waals surface area contributed by atoms with E-state index in [1.165, 1.54) is 7.11 Å². The van der Waals surface area contributed by atoms with Crippen molar-refractivity contribution in [3.63, 3.8) is 0 Å². The Hall–Kier alpha value is -0.810. The van der Waals surface area contributed by atoms with Crippen molar-refractivity contribution in [2.24, 2.45) is 5.73 Å². The molecule has 0 spiro atoms. The number of methoxy groups -OCH3 is 1. The molecular formula is C14H22Cl2N2O2. The van der Waals surface area contributed by atoms with Crippen LogP contribution >= 0.6 is 24.0 Å². The van der Waals surface area contributed by atoms with Crippen LogP contribution in [0.25, 0.3) is 0 Å². The van der Waals surface area contributed by atoms with Gasteiger partial charge in [0.2, 0.25) is 5.91 Å². The number of amides is 1. The fourth-order valence-electron chi connectivity index (χ4n) is 1.81. The number of carbonyl (C=O) groups excluding carboxylic acids is 1. The minimum absolute atomic E-state index is 0. The summed E-state index contributed by atoms with van der Waals surface area (Å²) in [5.41, 5.74) is 6.79. The Bertz CT molecular complexity index is 427. The molecule has 0 fully saturated rings.